The fraction of sp³-hybridized carbons (Fsp3) is 0.209. The van der Waals surface area contributed by atoms with E-state index in [1.54, 1.807) is 18.6 Å². The molecule has 2 saturated heterocycles. The topological polar surface area (TPSA) is 280 Å². The molecule has 2 fully saturated rings. The van der Waals surface area contributed by atoms with Gasteiger partial charge in [0, 0.05) is 89.3 Å². The van der Waals surface area contributed by atoms with E-state index in [0.717, 1.165) is 135 Å². The van der Waals surface area contributed by atoms with Crippen LogP contribution in [0.2, 0.25) is 0 Å². The number of nitrogens with two attached hydrogens (primary N) is 1. The number of imide groups is 2. The Morgan fingerprint density at radius 1 is 0.434 bits per heavy atom. The van der Waals surface area contributed by atoms with Gasteiger partial charge in [-0.1, -0.05) is 221 Å². The van der Waals surface area contributed by atoms with Crippen molar-refractivity contribution >= 4 is 107 Å². The summed E-state index contributed by atoms with van der Waals surface area (Å²) in [6, 6.07) is 69.5. The summed E-state index contributed by atoms with van der Waals surface area (Å²) in [5.41, 5.74) is 20.2. The van der Waals surface area contributed by atoms with Crippen LogP contribution in [-0.4, -0.2) is 101 Å². The van der Waals surface area contributed by atoms with Crippen LogP contribution in [0.4, 0.5) is 0 Å². The zero-order valence-electron chi connectivity index (χ0n) is 59.2. The van der Waals surface area contributed by atoms with Crippen LogP contribution >= 0.6 is 15.9 Å². The molecule has 20 heteroatoms. The van der Waals surface area contributed by atoms with E-state index in [-0.39, 0.29) is 56.0 Å². The summed E-state index contributed by atoms with van der Waals surface area (Å²) in [5, 5.41) is 22.2. The van der Waals surface area contributed by atoms with Crippen LogP contribution in [0.1, 0.15) is 100 Å². The number of hydrogen-bond donors (Lipinski definition) is 3. The predicted molar refractivity (Wildman–Crippen MR) is 414 cm³/mol. The number of para-hydroxylation sites is 4. The Morgan fingerprint density at radius 2 is 0.792 bits per heavy atom. The fourth-order valence-electron chi connectivity index (χ4n) is 12.1. The molecule has 0 unspecified atom stereocenters. The maximum absolute atomic E-state index is 12.4. The number of nitrogens with zero attached hydrogens (tertiary/aromatic N) is 6. The van der Waals surface area contributed by atoms with E-state index < -0.39 is 35.6 Å². The summed E-state index contributed by atoms with van der Waals surface area (Å²) in [6.07, 6.45) is 14.2. The Labute approximate surface area is 623 Å². The summed E-state index contributed by atoms with van der Waals surface area (Å²) in [6.45, 7) is 5.13. The molecule has 0 bridgehead atoms. The normalized spacial score (nSPS) is 12.2. The number of carbonyl (C=O) groups is 8. The quantitative estimate of drug-likeness (QED) is 0.0293. The molecule has 19 nitrogen and oxygen atoms in total. The lowest BCUT2D eigenvalue weighted by Crippen LogP contribution is -2.32. The Morgan fingerprint density at radius 3 is 1.17 bits per heavy atom. The van der Waals surface area contributed by atoms with E-state index in [0.29, 0.717) is 29.3 Å². The molecule has 12 aromatic rings. The van der Waals surface area contributed by atoms with Crippen LogP contribution in [-0.2, 0) is 73.6 Å². The monoisotopic (exact) mass is 1480 g/mol. The van der Waals surface area contributed by atoms with Crippen LogP contribution < -0.4 is 5.73 Å². The highest BCUT2D eigenvalue weighted by atomic mass is 79.9. The van der Waals surface area contributed by atoms with Crippen molar-refractivity contribution < 1.29 is 58.2 Å². The number of Topliss-reactive ketones (excluding diaryl/α,β-unsaturated/α-hetero) is 1. The average Bonchev–Trinajstić information content (AvgIpc) is 1.20. The van der Waals surface area contributed by atoms with Crippen LogP contribution in [0.5, 0.6) is 0 Å². The summed E-state index contributed by atoms with van der Waals surface area (Å²) in [5.74, 6) is -3.48. The molecule has 0 radical (unpaired) electrons. The Balaban J connectivity index is 0.000000155. The second-order valence-corrected chi connectivity index (χ2v) is 25.6. The largest absolute Gasteiger partial charge is 0.481 e. The SMILES string of the molecule is CCCCCC(=O)Cc1cnc2ccccc2c1-c1ccccc1.CCCCN.COC(=O)Cc1cnc2c(Br)cccc2c1-c1ccccc1.O=C(Cc1cnc2ccccc2c1-c1ccccc1)ON1C(=O)CCC1=O.O=C(O)Cc1cnc2ccccc2c1-c1ccccc1.O=C1CCC(=O)N1O. The zero-order chi connectivity index (χ0) is 75.3. The van der Waals surface area contributed by atoms with E-state index in [2.05, 4.69) is 67.9 Å². The van der Waals surface area contributed by atoms with Gasteiger partial charge in [-0.2, -0.15) is 5.06 Å². The lowest BCUT2D eigenvalue weighted by atomic mass is 9.93. The van der Waals surface area contributed by atoms with Crippen molar-refractivity contribution in [2.45, 2.75) is 104 Å². The van der Waals surface area contributed by atoms with Crippen molar-refractivity contribution in [1.29, 1.82) is 0 Å². The number of carboxylic acid groups (broad SMARTS) is 1. The number of pyridine rings is 4. The molecule has 2 aliphatic heterocycles. The second kappa shape index (κ2) is 39.7. The van der Waals surface area contributed by atoms with Crippen LogP contribution in [0.3, 0.4) is 0 Å². The molecule has 106 heavy (non-hydrogen) atoms. The number of carboxylic acids is 1. The van der Waals surface area contributed by atoms with E-state index >= 15 is 0 Å². The third-order valence-corrected chi connectivity index (χ3v) is 17.8. The minimum Gasteiger partial charge on any atom is -0.481 e. The van der Waals surface area contributed by atoms with Gasteiger partial charge in [-0.15, -0.1) is 5.06 Å². The van der Waals surface area contributed by atoms with Gasteiger partial charge in [-0.3, -0.25) is 58.7 Å². The molecule has 2 aliphatic rings. The smallest absolute Gasteiger partial charge is 0.337 e. The maximum atomic E-state index is 12.4. The Kier molecular flexibility index (Phi) is 29.3. The van der Waals surface area contributed by atoms with Crippen molar-refractivity contribution in [1.82, 2.24) is 30.1 Å². The van der Waals surface area contributed by atoms with Gasteiger partial charge < -0.3 is 20.4 Å². The first-order valence-electron chi connectivity index (χ1n) is 35.0. The number of hydrogen-bond acceptors (Lipinski definition) is 16. The Bertz CT molecular complexity index is 5020. The number of carbonyl (C=O) groups excluding carboxylic acids is 7. The lowest BCUT2D eigenvalue weighted by Gasteiger charge is -2.15. The summed E-state index contributed by atoms with van der Waals surface area (Å²) in [7, 11) is 1.40. The van der Waals surface area contributed by atoms with Gasteiger partial charge in [0.2, 0.25) is 0 Å². The molecule has 6 heterocycles. The number of aliphatic carboxylic acids is 1. The minimum atomic E-state index is -0.848. The van der Waals surface area contributed by atoms with Crippen molar-refractivity contribution in [3.05, 3.63) is 264 Å². The van der Waals surface area contributed by atoms with Gasteiger partial charge in [-0.25, -0.2) is 4.79 Å². The van der Waals surface area contributed by atoms with Crippen molar-refractivity contribution in [2.24, 2.45) is 5.73 Å². The summed E-state index contributed by atoms with van der Waals surface area (Å²) >= 11 is 3.54. The molecule has 4 amide bonds. The number of esters is 1. The van der Waals surface area contributed by atoms with Crippen molar-refractivity contribution in [3.8, 4) is 44.5 Å². The molecular weight excluding hydrogens is 1400 g/mol. The molecule has 4 N–H and O–H groups in total. The van der Waals surface area contributed by atoms with Gasteiger partial charge in [-0.05, 0) is 126 Å². The van der Waals surface area contributed by atoms with Crippen LogP contribution in [0, 0.1) is 0 Å². The van der Waals surface area contributed by atoms with Crippen LogP contribution in [0.15, 0.2) is 242 Å². The zero-order valence-corrected chi connectivity index (χ0v) is 60.8. The number of amides is 4. The van der Waals surface area contributed by atoms with Gasteiger partial charge >= 0.3 is 17.9 Å². The number of ketones is 1. The number of hydroxylamine groups is 4. The number of ether oxygens (including phenoxy) is 1. The molecule has 0 atom stereocenters. The van der Waals surface area contributed by atoms with Crippen LogP contribution in [0.25, 0.3) is 88.1 Å². The second-order valence-electron chi connectivity index (χ2n) is 24.7. The highest BCUT2D eigenvalue weighted by Crippen LogP contribution is 2.37. The molecule has 4 aromatic heterocycles. The molecule has 0 spiro atoms. The maximum Gasteiger partial charge on any atom is 0.337 e. The molecule has 0 saturated carbocycles. The molecule has 540 valence electrons. The first-order valence-corrected chi connectivity index (χ1v) is 35.8. The predicted octanol–water partition coefficient (Wildman–Crippen LogP) is 16.8. The molecular formula is C86H82BrN7O12. The number of rotatable bonds is 19. The number of halogens is 1. The molecule has 8 aromatic carbocycles. The summed E-state index contributed by atoms with van der Waals surface area (Å²) in [4.78, 5) is 114. The average molecular weight is 1490 g/mol. The summed E-state index contributed by atoms with van der Waals surface area (Å²) < 4.78 is 5.74. The fourth-order valence-corrected chi connectivity index (χ4v) is 12.5. The standard InChI is InChI=1S/C22H23NO.C21H16N2O4.C18H14BrNO2.C17H13NO2.C4H5NO3.C4H11N/c1-2-3-5-12-19(24)15-18-16-23-21-14-9-8-13-20(21)22(18)17-10-6-4-7-11-17;24-18-10-11-19(25)23(18)27-20(26)12-15-13-22-17-9-5-4-8-16(17)21(15)14-6-2-1-3-7-14;1-22-16(21)10-13-11-20-18-14(8-5-9-15(18)19)17(13)12-6-3-2-4-7-12;19-16(20)10-13-11-18-15-9-5-4-8-14(15)17(13)12-6-2-1-3-7-12;6-3-1-2-4(7)5(3)8;1-2-3-4-5/h4,6-11,13-14,16H,2-3,5,12,15H2,1H3;1-9,13H,10-12H2;2-9,11H,10H2,1H3;1-9,11H,10H2,(H,19,20);8H,1-2H2;2-5H2,1H3. The molecule has 0 aliphatic carbocycles. The van der Waals surface area contributed by atoms with Crippen molar-refractivity contribution in [2.75, 3.05) is 13.7 Å². The van der Waals surface area contributed by atoms with Gasteiger partial charge in [0.25, 0.3) is 23.6 Å². The molecule has 14 rings (SSSR count). The third kappa shape index (κ3) is 21.2. The van der Waals surface area contributed by atoms with E-state index in [9.17, 15) is 38.4 Å². The minimum absolute atomic E-state index is 0.0257. The van der Waals surface area contributed by atoms with Crippen molar-refractivity contribution in [3.63, 3.8) is 0 Å². The third-order valence-electron chi connectivity index (χ3n) is 17.2. The highest BCUT2D eigenvalue weighted by molar-refractivity contribution is 9.10. The van der Waals surface area contributed by atoms with E-state index in [1.807, 2.05) is 200 Å². The highest BCUT2D eigenvalue weighted by Gasteiger charge is 2.33. The van der Waals surface area contributed by atoms with Gasteiger partial charge in [0.1, 0.15) is 5.78 Å². The number of unbranched alkanes of at least 4 members (excludes halogenated alkanes) is 3. The van der Waals surface area contributed by atoms with E-state index in [1.165, 1.54) is 20.0 Å². The Hall–Kier alpha value is -11.8. The first kappa shape index (κ1) is 78.3. The van der Waals surface area contributed by atoms with Gasteiger partial charge in [0.05, 0.1) is 48.4 Å². The first-order chi connectivity index (χ1) is 51.5. The number of aromatic nitrogens is 4. The number of methoxy groups -OCH3 is 1. The lowest BCUT2D eigenvalue weighted by molar-refractivity contribution is -0.197. The number of fused-ring (bicyclic) bond motifs is 4. The van der Waals surface area contributed by atoms with E-state index in [4.69, 9.17) is 25.6 Å². The number of benzene rings is 8. The van der Waals surface area contributed by atoms with Gasteiger partial charge in [0.15, 0.2) is 0 Å².